The minimum Gasteiger partial charge on any atom is -0.461 e. The fourth-order valence-corrected chi connectivity index (χ4v) is 3.27. The van der Waals surface area contributed by atoms with Gasteiger partial charge in [-0.2, -0.15) is 0 Å². The Balaban J connectivity index is 1.58. The molecule has 0 saturated carbocycles. The lowest BCUT2D eigenvalue weighted by Gasteiger charge is -2.05. The number of benzene rings is 3. The largest absolute Gasteiger partial charge is 0.461 e. The number of rotatable bonds is 5. The number of furan rings is 1. The van der Waals surface area contributed by atoms with E-state index >= 15 is 0 Å². The molecule has 0 radical (unpaired) electrons. The van der Waals surface area contributed by atoms with Gasteiger partial charge in [-0.3, -0.25) is 0 Å². The molecular weight excluding hydrogens is 348 g/mol. The Morgan fingerprint density at radius 2 is 1.69 bits per heavy atom. The second kappa shape index (κ2) is 6.48. The van der Waals surface area contributed by atoms with Crippen LogP contribution in [-0.4, -0.2) is 14.7 Å². The summed E-state index contributed by atoms with van der Waals surface area (Å²) in [7, 11) is -3.31. The van der Waals surface area contributed by atoms with Crippen molar-refractivity contribution in [3.63, 3.8) is 0 Å². The molecule has 26 heavy (non-hydrogen) atoms. The summed E-state index contributed by atoms with van der Waals surface area (Å²) in [5, 5.41) is 3.34. The van der Waals surface area contributed by atoms with Crippen molar-refractivity contribution < 1.29 is 12.8 Å². The fraction of sp³-hybridized carbons (Fsp3) is 0.100. The average molecular weight is 366 g/mol. The van der Waals surface area contributed by atoms with E-state index < -0.39 is 10.0 Å². The van der Waals surface area contributed by atoms with Crippen LogP contribution in [0.3, 0.4) is 0 Å². The van der Waals surface area contributed by atoms with E-state index in [9.17, 15) is 8.42 Å². The molecule has 0 fully saturated rings. The number of hydrazine groups is 1. The summed E-state index contributed by atoms with van der Waals surface area (Å²) in [5.74, 6) is 0.864. The van der Waals surface area contributed by atoms with Gasteiger partial charge >= 0.3 is 0 Å². The zero-order valence-electron chi connectivity index (χ0n) is 14.2. The van der Waals surface area contributed by atoms with Crippen molar-refractivity contribution in [2.45, 2.75) is 6.42 Å². The summed E-state index contributed by atoms with van der Waals surface area (Å²) in [6, 6.07) is 22.1. The molecule has 6 heteroatoms. The van der Waals surface area contributed by atoms with E-state index in [-0.39, 0.29) is 0 Å². The molecule has 4 rings (SSSR count). The zero-order chi connectivity index (χ0) is 18.1. The van der Waals surface area contributed by atoms with Crippen molar-refractivity contribution in [1.82, 2.24) is 4.83 Å². The fourth-order valence-electron chi connectivity index (χ4n) is 2.96. The third kappa shape index (κ3) is 3.71. The number of anilines is 1. The molecule has 4 aromatic rings. The Morgan fingerprint density at radius 3 is 2.50 bits per heavy atom. The van der Waals surface area contributed by atoms with Crippen molar-refractivity contribution in [3.05, 3.63) is 78.1 Å². The van der Waals surface area contributed by atoms with Crippen LogP contribution < -0.4 is 10.3 Å². The van der Waals surface area contributed by atoms with Crippen LogP contribution in [0.1, 0.15) is 11.3 Å². The van der Waals surface area contributed by atoms with Crippen molar-refractivity contribution in [1.29, 1.82) is 0 Å². The maximum absolute atomic E-state index is 11.2. The van der Waals surface area contributed by atoms with E-state index in [1.54, 1.807) is 6.07 Å². The van der Waals surface area contributed by atoms with E-state index in [1.165, 1.54) is 16.3 Å². The van der Waals surface area contributed by atoms with Crippen LogP contribution in [0.4, 0.5) is 5.69 Å². The zero-order valence-corrected chi connectivity index (χ0v) is 15.0. The minimum atomic E-state index is -3.31. The quantitative estimate of drug-likeness (QED) is 0.523. The van der Waals surface area contributed by atoms with Crippen molar-refractivity contribution in [2.24, 2.45) is 0 Å². The molecule has 0 aliphatic heterocycles. The molecule has 0 bridgehead atoms. The SMILES string of the molecule is CS(=O)(=O)NNc1ccc2oc(Cc3ccc4ccccc4c3)cc2c1. The van der Waals surface area contributed by atoms with Gasteiger partial charge in [0.05, 0.1) is 11.9 Å². The molecule has 1 heterocycles. The highest BCUT2D eigenvalue weighted by molar-refractivity contribution is 7.88. The van der Waals surface area contributed by atoms with Gasteiger partial charge in [0.15, 0.2) is 0 Å². The lowest BCUT2D eigenvalue weighted by atomic mass is 10.0. The predicted octanol–water partition coefficient (Wildman–Crippen LogP) is 4.05. The molecule has 0 atom stereocenters. The molecule has 2 N–H and O–H groups in total. The van der Waals surface area contributed by atoms with Crippen LogP contribution in [0.25, 0.3) is 21.7 Å². The monoisotopic (exact) mass is 366 g/mol. The van der Waals surface area contributed by atoms with Gasteiger partial charge in [-0.05, 0) is 40.6 Å². The van der Waals surface area contributed by atoms with Crippen LogP contribution >= 0.6 is 0 Å². The van der Waals surface area contributed by atoms with Crippen LogP contribution in [0.2, 0.25) is 0 Å². The number of sulfonamides is 1. The van der Waals surface area contributed by atoms with Crippen molar-refractivity contribution >= 4 is 37.5 Å². The van der Waals surface area contributed by atoms with Gasteiger partial charge in [-0.25, -0.2) is 8.42 Å². The molecule has 0 aliphatic rings. The third-order valence-electron chi connectivity index (χ3n) is 4.14. The first-order valence-electron chi connectivity index (χ1n) is 8.19. The van der Waals surface area contributed by atoms with Gasteiger partial charge in [0, 0.05) is 11.8 Å². The van der Waals surface area contributed by atoms with Crippen LogP contribution in [-0.2, 0) is 16.4 Å². The molecule has 0 spiro atoms. The maximum atomic E-state index is 11.2. The number of fused-ring (bicyclic) bond motifs is 2. The molecule has 1 aromatic heterocycles. The molecule has 132 valence electrons. The van der Waals surface area contributed by atoms with Crippen molar-refractivity contribution in [2.75, 3.05) is 11.7 Å². The number of hydrogen-bond acceptors (Lipinski definition) is 4. The predicted molar refractivity (Wildman–Crippen MR) is 105 cm³/mol. The lowest BCUT2D eigenvalue weighted by molar-refractivity contribution is 0.563. The normalized spacial score (nSPS) is 11.9. The molecular formula is C20H18N2O3S. The topological polar surface area (TPSA) is 71.3 Å². The minimum absolute atomic E-state index is 0.654. The van der Waals surface area contributed by atoms with Gasteiger partial charge in [-0.1, -0.05) is 42.5 Å². The Labute approximate surface area is 151 Å². The summed E-state index contributed by atoms with van der Waals surface area (Å²) >= 11 is 0. The Kier molecular flexibility index (Phi) is 4.14. The van der Waals surface area contributed by atoms with Gasteiger partial charge < -0.3 is 9.84 Å². The van der Waals surface area contributed by atoms with E-state index in [2.05, 4.69) is 40.6 Å². The van der Waals surface area contributed by atoms with E-state index in [0.29, 0.717) is 12.1 Å². The molecule has 0 aliphatic carbocycles. The van der Waals surface area contributed by atoms with E-state index in [0.717, 1.165) is 23.0 Å². The highest BCUT2D eigenvalue weighted by atomic mass is 32.2. The molecule has 0 amide bonds. The summed E-state index contributed by atoms with van der Waals surface area (Å²) < 4.78 is 28.3. The lowest BCUT2D eigenvalue weighted by Crippen LogP contribution is -2.27. The first kappa shape index (κ1) is 16.6. The molecule has 0 saturated heterocycles. The smallest absolute Gasteiger partial charge is 0.225 e. The van der Waals surface area contributed by atoms with E-state index in [4.69, 9.17) is 4.42 Å². The highest BCUT2D eigenvalue weighted by Gasteiger charge is 2.07. The third-order valence-corrected chi connectivity index (χ3v) is 4.61. The highest BCUT2D eigenvalue weighted by Crippen LogP contribution is 2.25. The summed E-state index contributed by atoms with van der Waals surface area (Å²) in [4.78, 5) is 2.26. The summed E-state index contributed by atoms with van der Waals surface area (Å²) in [6.07, 6.45) is 1.79. The molecule has 3 aromatic carbocycles. The average Bonchev–Trinajstić information content (AvgIpc) is 3.00. The second-order valence-electron chi connectivity index (χ2n) is 6.32. The van der Waals surface area contributed by atoms with Crippen LogP contribution in [0.15, 0.2) is 71.1 Å². The van der Waals surface area contributed by atoms with Crippen molar-refractivity contribution in [3.8, 4) is 0 Å². The van der Waals surface area contributed by atoms with Gasteiger partial charge in [-0.15, -0.1) is 4.83 Å². The number of hydrogen-bond donors (Lipinski definition) is 2. The standard InChI is InChI=1S/C20H18N2O3S/c1-26(23,24)22-21-18-8-9-20-17(12-18)13-19(25-20)11-14-6-7-15-4-2-3-5-16(15)10-14/h2-10,12-13,21-22H,11H2,1H3. The maximum Gasteiger partial charge on any atom is 0.225 e. The first-order chi connectivity index (χ1) is 12.5. The van der Waals surface area contributed by atoms with Crippen LogP contribution in [0, 0.1) is 0 Å². The number of nitrogens with one attached hydrogen (secondary N) is 2. The van der Waals surface area contributed by atoms with Gasteiger partial charge in [0.1, 0.15) is 11.3 Å². The molecule has 5 nitrogen and oxygen atoms in total. The Bertz CT molecular complexity index is 1200. The second-order valence-corrected chi connectivity index (χ2v) is 8.07. The van der Waals surface area contributed by atoms with Gasteiger partial charge in [0.25, 0.3) is 0 Å². The van der Waals surface area contributed by atoms with Gasteiger partial charge in [0.2, 0.25) is 10.0 Å². The Morgan fingerprint density at radius 1 is 0.885 bits per heavy atom. The summed E-state index contributed by atoms with van der Waals surface area (Å²) in [6.45, 7) is 0. The Hall–Kier alpha value is -2.83. The van der Waals surface area contributed by atoms with E-state index in [1.807, 2.05) is 30.3 Å². The van der Waals surface area contributed by atoms with Crippen LogP contribution in [0.5, 0.6) is 0 Å². The summed E-state index contributed by atoms with van der Waals surface area (Å²) in [5.41, 5.74) is 5.28. The first-order valence-corrected chi connectivity index (χ1v) is 10.1. The molecule has 0 unspecified atom stereocenters.